The second-order valence-corrected chi connectivity index (χ2v) is 2.69. The average molecular weight is 192 g/mol. The molecule has 0 amide bonds. The fourth-order valence-corrected chi connectivity index (χ4v) is 0.721. The van der Waals surface area contributed by atoms with E-state index in [-0.39, 0.29) is 0 Å². The van der Waals surface area contributed by atoms with Gasteiger partial charge < -0.3 is 4.90 Å². The molecule has 0 spiro atoms. The number of pyridine rings is 1. The average Bonchev–Trinajstić information content (AvgIpc) is 2.21. The fourth-order valence-electron chi connectivity index (χ4n) is 0.721. The maximum Gasteiger partial charge on any atom is 0.0861 e. The number of rotatable bonds is 2. The third kappa shape index (κ3) is 5.91. The third-order valence-corrected chi connectivity index (χ3v) is 1.42. The topological polar surface area (TPSA) is 52.3 Å². The van der Waals surface area contributed by atoms with Crippen LogP contribution in [0.5, 0.6) is 0 Å². The van der Waals surface area contributed by atoms with Gasteiger partial charge in [-0.25, -0.2) is 10.4 Å². The van der Waals surface area contributed by atoms with Crippen molar-refractivity contribution in [3.8, 4) is 0 Å². The molecule has 14 heavy (non-hydrogen) atoms. The van der Waals surface area contributed by atoms with E-state index in [4.69, 9.17) is 5.41 Å². The molecular formula is C10H16N4. The Hall–Kier alpha value is -1.67. The number of anilines is 1. The molecule has 0 aliphatic rings. The summed E-state index contributed by atoms with van der Waals surface area (Å²) >= 11 is 0. The van der Waals surface area contributed by atoms with Crippen molar-refractivity contribution in [1.82, 2.24) is 4.98 Å². The van der Waals surface area contributed by atoms with Crippen LogP contribution in [0.2, 0.25) is 0 Å². The Morgan fingerprint density at radius 3 is 2.21 bits per heavy atom. The Kier molecular flexibility index (Phi) is 7.00. The normalized spacial score (nSPS) is 7.93. The fraction of sp³-hybridized carbons (Fsp3) is 0.400. The van der Waals surface area contributed by atoms with E-state index in [0.717, 1.165) is 0 Å². The van der Waals surface area contributed by atoms with E-state index < -0.39 is 0 Å². The molecule has 0 fully saturated rings. The van der Waals surface area contributed by atoms with Crippen LogP contribution in [0.4, 0.5) is 5.69 Å². The number of hydrogen-bond donors (Lipinski definition) is 1. The van der Waals surface area contributed by atoms with Gasteiger partial charge in [-0.15, -0.1) is 0 Å². The van der Waals surface area contributed by atoms with Gasteiger partial charge >= 0.3 is 0 Å². The van der Waals surface area contributed by atoms with Crippen LogP contribution in [0, 0.1) is 5.41 Å². The third-order valence-electron chi connectivity index (χ3n) is 1.42. The molecule has 0 radical (unpaired) electrons. The molecule has 0 unspecified atom stereocenters. The van der Waals surface area contributed by atoms with Crippen molar-refractivity contribution in [3.05, 3.63) is 24.5 Å². The Balaban J connectivity index is 0.000000292. The standard InChI is InChI=1S/C7H10N2.C3H6N2/c1-9(2)7-3-5-8-6-4-7;1-2-5-3-4/h3-6H,1-2H3;4H,2H2,1H3. The second kappa shape index (κ2) is 7.95. The van der Waals surface area contributed by atoms with Crippen LogP contribution in [0.25, 0.3) is 0 Å². The molecule has 1 rings (SSSR count). The molecular weight excluding hydrogens is 176 g/mol. The summed E-state index contributed by atoms with van der Waals surface area (Å²) in [7, 11) is 4.02. The summed E-state index contributed by atoms with van der Waals surface area (Å²) in [6, 6.07) is 5.84. The summed E-state index contributed by atoms with van der Waals surface area (Å²) in [5.41, 5.74) is 1.19. The molecule has 0 aliphatic carbocycles. The van der Waals surface area contributed by atoms with Crippen LogP contribution < -0.4 is 4.90 Å². The van der Waals surface area contributed by atoms with Gasteiger partial charge in [0.25, 0.3) is 0 Å². The highest BCUT2D eigenvalue weighted by Crippen LogP contribution is 2.05. The molecule has 1 aromatic heterocycles. The van der Waals surface area contributed by atoms with Gasteiger partial charge in [0.2, 0.25) is 0 Å². The minimum absolute atomic E-state index is 0.670. The van der Waals surface area contributed by atoms with Crippen molar-refractivity contribution in [3.63, 3.8) is 0 Å². The van der Waals surface area contributed by atoms with Gasteiger partial charge in [0, 0.05) is 38.7 Å². The largest absolute Gasteiger partial charge is 0.378 e. The van der Waals surface area contributed by atoms with Gasteiger partial charge in [-0.2, -0.15) is 0 Å². The van der Waals surface area contributed by atoms with Crippen LogP contribution in [-0.4, -0.2) is 31.6 Å². The zero-order valence-corrected chi connectivity index (χ0v) is 8.86. The molecule has 4 nitrogen and oxygen atoms in total. The zero-order valence-electron chi connectivity index (χ0n) is 8.86. The van der Waals surface area contributed by atoms with Crippen LogP contribution in [0.1, 0.15) is 6.92 Å². The maximum atomic E-state index is 6.19. The minimum Gasteiger partial charge on any atom is -0.378 e. The van der Waals surface area contributed by atoms with Crippen LogP contribution >= 0.6 is 0 Å². The van der Waals surface area contributed by atoms with Crippen LogP contribution in [-0.2, 0) is 0 Å². The first kappa shape index (κ1) is 12.3. The van der Waals surface area contributed by atoms with Crippen LogP contribution in [0.3, 0.4) is 0 Å². The lowest BCUT2D eigenvalue weighted by atomic mass is 10.4. The van der Waals surface area contributed by atoms with Crippen LogP contribution in [0.15, 0.2) is 29.5 Å². The molecule has 76 valence electrons. The molecule has 1 aromatic rings. The summed E-state index contributed by atoms with van der Waals surface area (Å²) < 4.78 is 0. The van der Waals surface area contributed by atoms with Gasteiger partial charge in [-0.05, 0) is 19.1 Å². The van der Waals surface area contributed by atoms with E-state index in [1.807, 2.05) is 44.1 Å². The molecule has 1 heterocycles. The van der Waals surface area contributed by atoms with Crippen molar-refractivity contribution in [1.29, 1.82) is 5.41 Å². The zero-order chi connectivity index (χ0) is 10.8. The first-order valence-electron chi connectivity index (χ1n) is 4.38. The second-order valence-electron chi connectivity index (χ2n) is 2.69. The first-order valence-corrected chi connectivity index (χ1v) is 4.38. The molecule has 0 atom stereocenters. The number of nitrogens with zero attached hydrogens (tertiary/aromatic N) is 3. The lowest BCUT2D eigenvalue weighted by Crippen LogP contribution is -2.07. The summed E-state index contributed by atoms with van der Waals surface area (Å²) in [5, 5.41) is 6.19. The highest BCUT2D eigenvalue weighted by molar-refractivity contribution is 5.42. The summed E-state index contributed by atoms with van der Waals surface area (Å²) in [6.45, 7) is 2.53. The predicted molar refractivity (Wildman–Crippen MR) is 59.3 cm³/mol. The van der Waals surface area contributed by atoms with E-state index in [2.05, 4.69) is 9.98 Å². The Morgan fingerprint density at radius 2 is 2.00 bits per heavy atom. The number of hydrogen-bond acceptors (Lipinski definition) is 4. The van der Waals surface area contributed by atoms with E-state index in [9.17, 15) is 0 Å². The minimum atomic E-state index is 0.670. The summed E-state index contributed by atoms with van der Waals surface area (Å²) in [5.74, 6) is 0. The molecule has 1 N–H and O–H groups in total. The monoisotopic (exact) mass is 192 g/mol. The molecule has 0 aromatic carbocycles. The van der Waals surface area contributed by atoms with Crippen molar-refractivity contribution in [2.24, 2.45) is 4.99 Å². The van der Waals surface area contributed by atoms with Gasteiger partial charge in [0.05, 0.1) is 6.01 Å². The van der Waals surface area contributed by atoms with Crippen molar-refractivity contribution >= 4 is 11.7 Å². The van der Waals surface area contributed by atoms with Crippen molar-refractivity contribution < 1.29 is 0 Å². The maximum absolute atomic E-state index is 6.19. The predicted octanol–water partition coefficient (Wildman–Crippen LogP) is 1.91. The van der Waals surface area contributed by atoms with Gasteiger partial charge in [-0.3, -0.25) is 4.98 Å². The summed E-state index contributed by atoms with van der Waals surface area (Å²) in [4.78, 5) is 9.33. The molecule has 0 aliphatic heterocycles. The molecule has 0 bridgehead atoms. The Labute approximate surface area is 84.8 Å². The van der Waals surface area contributed by atoms with E-state index in [1.165, 1.54) is 5.69 Å². The van der Waals surface area contributed by atoms with E-state index in [1.54, 1.807) is 12.4 Å². The number of nitrogens with one attached hydrogen (secondary N) is 1. The van der Waals surface area contributed by atoms with Gasteiger partial charge in [0.15, 0.2) is 0 Å². The van der Waals surface area contributed by atoms with E-state index in [0.29, 0.717) is 6.54 Å². The highest BCUT2D eigenvalue weighted by Gasteiger charge is 1.88. The highest BCUT2D eigenvalue weighted by atomic mass is 15.1. The first-order chi connectivity index (χ1) is 6.72. The van der Waals surface area contributed by atoms with E-state index >= 15 is 0 Å². The summed E-state index contributed by atoms with van der Waals surface area (Å²) in [6.07, 6.45) is 3.57. The van der Waals surface area contributed by atoms with Gasteiger partial charge in [0.1, 0.15) is 0 Å². The Bertz CT molecular complexity index is 275. The number of aliphatic imine (C=N–C) groups is 1. The smallest absolute Gasteiger partial charge is 0.0861 e. The molecule has 4 heteroatoms. The lowest BCUT2D eigenvalue weighted by molar-refractivity contribution is 1.12. The van der Waals surface area contributed by atoms with Gasteiger partial charge in [-0.1, -0.05) is 0 Å². The SMILES string of the molecule is CCN=C=N.CN(C)c1ccncc1. The lowest BCUT2D eigenvalue weighted by Gasteiger charge is -2.10. The molecule has 0 saturated carbocycles. The quantitative estimate of drug-likeness (QED) is 0.728. The van der Waals surface area contributed by atoms with Crippen molar-refractivity contribution in [2.75, 3.05) is 25.5 Å². The number of aromatic nitrogens is 1. The Morgan fingerprint density at radius 1 is 1.43 bits per heavy atom. The van der Waals surface area contributed by atoms with Crippen molar-refractivity contribution in [2.45, 2.75) is 6.92 Å². The molecule has 0 saturated heterocycles.